The average molecular weight is 450 g/mol. The van der Waals surface area contributed by atoms with Crippen LogP contribution in [0.2, 0.25) is 0 Å². The van der Waals surface area contributed by atoms with Gasteiger partial charge in [0.2, 0.25) is 0 Å². The fourth-order valence-corrected chi connectivity index (χ4v) is 7.08. The van der Waals surface area contributed by atoms with Crippen LogP contribution in [-0.2, 0) is 10.2 Å². The van der Waals surface area contributed by atoms with Crippen molar-refractivity contribution >= 4 is 29.7 Å². The van der Waals surface area contributed by atoms with E-state index in [0.29, 0.717) is 6.61 Å². The molecule has 0 saturated heterocycles. The summed E-state index contributed by atoms with van der Waals surface area (Å²) < 4.78 is 6.24. The molecule has 0 fully saturated rings. The summed E-state index contributed by atoms with van der Waals surface area (Å²) in [5.74, 6) is 0.819. The molecule has 33 heavy (non-hydrogen) atoms. The Bertz CT molecular complexity index is 1200. The minimum absolute atomic E-state index is 0.0531. The van der Waals surface area contributed by atoms with Crippen molar-refractivity contribution in [2.24, 2.45) is 4.99 Å². The minimum Gasteiger partial charge on any atom is -0.478 e. The van der Waals surface area contributed by atoms with E-state index >= 15 is 0 Å². The van der Waals surface area contributed by atoms with E-state index in [1.54, 1.807) is 0 Å². The summed E-state index contributed by atoms with van der Waals surface area (Å²) in [7, 11) is -0.711. The molecule has 1 aliphatic heterocycles. The lowest BCUT2D eigenvalue weighted by atomic mass is 9.84. The molecule has 0 N–H and O–H groups in total. The summed E-state index contributed by atoms with van der Waals surface area (Å²) in [5.41, 5.74) is 2.13. The predicted octanol–water partition coefficient (Wildman–Crippen LogP) is 5.89. The first kappa shape index (κ1) is 21.6. The van der Waals surface area contributed by atoms with Gasteiger partial charge in [0.25, 0.3) is 0 Å². The first-order chi connectivity index (χ1) is 16.1. The van der Waals surface area contributed by atoms with Crippen molar-refractivity contribution in [1.29, 1.82) is 0 Å². The van der Waals surface area contributed by atoms with Crippen LogP contribution in [0.3, 0.4) is 0 Å². The summed E-state index contributed by atoms with van der Waals surface area (Å²) >= 11 is 0. The molecule has 0 radical (unpaired) electrons. The van der Waals surface area contributed by atoms with Crippen LogP contribution in [0.15, 0.2) is 120 Å². The molecule has 0 saturated carbocycles. The highest BCUT2D eigenvalue weighted by molar-refractivity contribution is 7.79. The minimum atomic E-state index is -0.711. The van der Waals surface area contributed by atoms with Gasteiger partial charge in [-0.3, -0.25) is 0 Å². The van der Waals surface area contributed by atoms with E-state index < -0.39 is 7.92 Å². The summed E-state index contributed by atoms with van der Waals surface area (Å²) in [4.78, 5) is 5.05. The predicted molar refractivity (Wildman–Crippen MR) is 141 cm³/mol. The van der Waals surface area contributed by atoms with Gasteiger partial charge in [0.1, 0.15) is 12.6 Å². The highest BCUT2D eigenvalue weighted by Crippen LogP contribution is 2.39. The highest BCUT2D eigenvalue weighted by atomic mass is 31.1. The fraction of sp³-hybridized carbons (Fsp3) is 0.167. The molecule has 1 aliphatic rings. The molecule has 0 amide bonds. The van der Waals surface area contributed by atoms with E-state index in [1.165, 1.54) is 27.0 Å². The molecule has 0 bridgehead atoms. The van der Waals surface area contributed by atoms with Gasteiger partial charge >= 0.3 is 0 Å². The number of hydrogen-bond acceptors (Lipinski definition) is 2. The molecule has 1 atom stereocenters. The van der Waals surface area contributed by atoms with Crippen molar-refractivity contribution in [3.63, 3.8) is 0 Å². The third-order valence-electron chi connectivity index (χ3n) is 6.22. The van der Waals surface area contributed by atoms with Crippen LogP contribution in [0.25, 0.3) is 0 Å². The lowest BCUT2D eigenvalue weighted by Crippen LogP contribution is -2.36. The summed E-state index contributed by atoms with van der Waals surface area (Å²) in [6.45, 7) is 5.07. The number of hydrogen-bond donors (Lipinski definition) is 0. The van der Waals surface area contributed by atoms with Gasteiger partial charge in [0, 0.05) is 0 Å². The Morgan fingerprint density at radius 2 is 1.21 bits per heavy atom. The van der Waals surface area contributed by atoms with Gasteiger partial charge in [0.05, 0.1) is 5.41 Å². The Morgan fingerprint density at radius 3 is 1.82 bits per heavy atom. The topological polar surface area (TPSA) is 21.6 Å². The molecule has 2 nitrogen and oxygen atoms in total. The Balaban J connectivity index is 1.59. The smallest absolute Gasteiger partial charge is 0.194 e. The van der Waals surface area contributed by atoms with Gasteiger partial charge in [-0.05, 0) is 48.8 Å². The molecule has 1 unspecified atom stereocenters. The average Bonchev–Trinajstić information content (AvgIpc) is 3.38. The number of nitrogens with zero attached hydrogens (tertiary/aromatic N) is 1. The monoisotopic (exact) mass is 449 g/mol. The van der Waals surface area contributed by atoms with Crippen LogP contribution in [0.1, 0.15) is 31.0 Å². The molecule has 0 spiro atoms. The van der Waals surface area contributed by atoms with Gasteiger partial charge in [-0.15, -0.1) is 0 Å². The van der Waals surface area contributed by atoms with Crippen LogP contribution in [-0.4, -0.2) is 12.5 Å². The molecule has 4 aromatic rings. The number of ether oxygens (including phenoxy) is 1. The molecular weight excluding hydrogens is 421 g/mol. The number of benzene rings is 4. The molecule has 1 heterocycles. The van der Waals surface area contributed by atoms with E-state index in [-0.39, 0.29) is 11.5 Å². The summed E-state index contributed by atoms with van der Waals surface area (Å²) in [5, 5.41) is 4.04. The van der Waals surface area contributed by atoms with Crippen molar-refractivity contribution in [2.75, 3.05) is 6.61 Å². The lowest BCUT2D eigenvalue weighted by Gasteiger charge is -2.30. The Morgan fingerprint density at radius 1 is 0.697 bits per heavy atom. The first-order valence-electron chi connectivity index (χ1n) is 11.4. The Labute approximate surface area is 197 Å². The van der Waals surface area contributed by atoms with E-state index in [9.17, 15) is 0 Å². The maximum absolute atomic E-state index is 6.24. The van der Waals surface area contributed by atoms with Gasteiger partial charge in [-0.1, -0.05) is 115 Å². The third kappa shape index (κ3) is 4.36. The second kappa shape index (κ2) is 9.33. The van der Waals surface area contributed by atoms with Crippen molar-refractivity contribution in [1.82, 2.24) is 0 Å². The van der Waals surface area contributed by atoms with Crippen molar-refractivity contribution in [3.05, 3.63) is 126 Å². The number of aliphatic imine (C=N–C) groups is 1. The van der Waals surface area contributed by atoms with Gasteiger partial charge in [-0.2, -0.15) is 0 Å². The fourth-order valence-electron chi connectivity index (χ4n) is 4.46. The summed E-state index contributed by atoms with van der Waals surface area (Å²) in [6, 6.07) is 41.0. The zero-order valence-electron chi connectivity index (χ0n) is 19.1. The molecule has 5 rings (SSSR count). The van der Waals surface area contributed by atoms with Crippen molar-refractivity contribution < 1.29 is 4.74 Å². The van der Waals surface area contributed by atoms with E-state index in [4.69, 9.17) is 9.73 Å². The highest BCUT2D eigenvalue weighted by Gasteiger charge is 2.37. The zero-order valence-corrected chi connectivity index (χ0v) is 20.0. The number of rotatable bonds is 6. The van der Waals surface area contributed by atoms with Gasteiger partial charge in [-0.25, -0.2) is 4.99 Å². The van der Waals surface area contributed by atoms with Crippen LogP contribution in [0, 0.1) is 0 Å². The van der Waals surface area contributed by atoms with Crippen LogP contribution in [0.5, 0.6) is 0 Å². The molecule has 164 valence electrons. The van der Waals surface area contributed by atoms with Gasteiger partial charge in [0.15, 0.2) is 5.90 Å². The molecule has 3 heteroatoms. The van der Waals surface area contributed by atoms with E-state index in [0.717, 1.165) is 5.90 Å². The Kier molecular flexibility index (Phi) is 6.11. The normalized spacial score (nSPS) is 15.8. The molecule has 0 aliphatic carbocycles. The maximum Gasteiger partial charge on any atom is 0.194 e. The van der Waals surface area contributed by atoms with E-state index in [2.05, 4.69) is 123 Å². The Hall–Kier alpha value is -3.22. The van der Waals surface area contributed by atoms with Crippen LogP contribution >= 0.6 is 7.92 Å². The zero-order chi connectivity index (χ0) is 22.7. The van der Waals surface area contributed by atoms with Crippen LogP contribution < -0.4 is 15.9 Å². The second-order valence-corrected chi connectivity index (χ2v) is 11.0. The largest absolute Gasteiger partial charge is 0.478 e. The van der Waals surface area contributed by atoms with E-state index in [1.807, 2.05) is 6.07 Å². The standard InChI is InChI=1S/C30H28NOP/c1-30(2,29-31-27(22-32-29)23-14-6-3-7-15-23)26-20-12-13-21-28(26)33(24-16-8-4-9-17-24)25-18-10-5-11-19-25/h3-21,27H,22H2,1-2H3. The molecular formula is C30H28NOP. The third-order valence-corrected chi connectivity index (χ3v) is 8.72. The first-order valence-corrected chi connectivity index (χ1v) is 12.7. The maximum atomic E-state index is 6.24. The van der Waals surface area contributed by atoms with Crippen LogP contribution in [0.4, 0.5) is 0 Å². The van der Waals surface area contributed by atoms with Crippen molar-refractivity contribution in [3.8, 4) is 0 Å². The molecule has 4 aromatic carbocycles. The summed E-state index contributed by atoms with van der Waals surface area (Å²) in [6.07, 6.45) is 0. The van der Waals surface area contributed by atoms with Crippen molar-refractivity contribution in [2.45, 2.75) is 25.3 Å². The SMILES string of the molecule is CC(C)(C1=NC(c2ccccc2)CO1)c1ccccc1P(c1ccccc1)c1ccccc1. The second-order valence-electron chi connectivity index (χ2n) is 8.82. The van der Waals surface area contributed by atoms with Gasteiger partial charge < -0.3 is 4.74 Å². The lowest BCUT2D eigenvalue weighted by molar-refractivity contribution is 0.296. The quantitative estimate of drug-likeness (QED) is 0.336. The molecule has 0 aromatic heterocycles.